The quantitative estimate of drug-likeness (QED) is 0.313. The summed E-state index contributed by atoms with van der Waals surface area (Å²) in [6.07, 6.45) is 2.54. The first-order valence-corrected chi connectivity index (χ1v) is 7.48. The lowest BCUT2D eigenvalue weighted by Crippen LogP contribution is -2.33. The molecule has 2 N–H and O–H groups in total. The van der Waals surface area contributed by atoms with Gasteiger partial charge in [0.25, 0.3) is 0 Å². The number of thiocarbonyl (C=S) groups is 1. The summed E-state index contributed by atoms with van der Waals surface area (Å²) in [7, 11) is 3.21. The van der Waals surface area contributed by atoms with Gasteiger partial charge in [-0.25, -0.2) is 0 Å². The maximum absolute atomic E-state index is 5.29. The molecule has 0 atom stereocenters. The van der Waals surface area contributed by atoms with E-state index in [9.17, 15) is 0 Å². The number of ether oxygens (including phenoxy) is 3. The largest absolute Gasteiger partial charge is 0.497 e. The van der Waals surface area contributed by atoms with Crippen molar-refractivity contribution < 1.29 is 14.2 Å². The normalized spacial score (nSPS) is 10.5. The number of benzene rings is 1. The summed E-state index contributed by atoms with van der Waals surface area (Å²) in [6, 6.07) is 5.50. The van der Waals surface area contributed by atoms with Gasteiger partial charge in [0.1, 0.15) is 11.5 Å². The molecular formula is C15H23N3O3S. The monoisotopic (exact) mass is 325 g/mol. The molecule has 1 aromatic rings. The highest BCUT2D eigenvalue weighted by molar-refractivity contribution is 7.80. The summed E-state index contributed by atoms with van der Waals surface area (Å²) in [4.78, 5) is 0. The van der Waals surface area contributed by atoms with Gasteiger partial charge >= 0.3 is 0 Å². The molecule has 6 nitrogen and oxygen atoms in total. The molecule has 0 aliphatic heterocycles. The van der Waals surface area contributed by atoms with Crippen molar-refractivity contribution in [3.63, 3.8) is 0 Å². The minimum absolute atomic E-state index is 0.472. The van der Waals surface area contributed by atoms with Crippen LogP contribution in [0.15, 0.2) is 23.3 Å². The van der Waals surface area contributed by atoms with E-state index in [1.54, 1.807) is 26.5 Å². The van der Waals surface area contributed by atoms with Crippen molar-refractivity contribution in [3.05, 3.63) is 23.8 Å². The molecular weight excluding hydrogens is 302 g/mol. The summed E-state index contributed by atoms with van der Waals surface area (Å²) in [5, 5.41) is 7.61. The Hall–Kier alpha value is -1.86. The zero-order chi connectivity index (χ0) is 16.2. The Bertz CT molecular complexity index is 495. The summed E-state index contributed by atoms with van der Waals surface area (Å²) >= 11 is 5.12. The van der Waals surface area contributed by atoms with Crippen LogP contribution >= 0.6 is 12.2 Å². The second-order valence-corrected chi connectivity index (χ2v) is 4.69. The molecule has 0 aliphatic carbocycles. The molecule has 0 saturated carbocycles. The van der Waals surface area contributed by atoms with Crippen LogP contribution in [0.5, 0.6) is 11.5 Å². The number of nitrogens with zero attached hydrogens (tertiary/aromatic N) is 1. The van der Waals surface area contributed by atoms with E-state index >= 15 is 0 Å². The van der Waals surface area contributed by atoms with E-state index in [1.807, 2.05) is 19.1 Å². The zero-order valence-electron chi connectivity index (χ0n) is 13.2. The zero-order valence-corrected chi connectivity index (χ0v) is 14.0. The van der Waals surface area contributed by atoms with Crippen molar-refractivity contribution in [3.8, 4) is 11.5 Å². The predicted molar refractivity (Wildman–Crippen MR) is 92.0 cm³/mol. The van der Waals surface area contributed by atoms with Crippen LogP contribution in [0.4, 0.5) is 0 Å². The van der Waals surface area contributed by atoms with E-state index in [4.69, 9.17) is 26.4 Å². The fraction of sp³-hybridized carbons (Fsp3) is 0.467. The molecule has 0 aromatic heterocycles. The average molecular weight is 325 g/mol. The summed E-state index contributed by atoms with van der Waals surface area (Å²) in [5.74, 6) is 1.41. The molecule has 0 unspecified atom stereocenters. The van der Waals surface area contributed by atoms with Crippen LogP contribution in [-0.2, 0) is 4.74 Å². The van der Waals surface area contributed by atoms with E-state index in [2.05, 4.69) is 15.8 Å². The van der Waals surface area contributed by atoms with Gasteiger partial charge in [0.05, 0.1) is 20.4 Å². The summed E-state index contributed by atoms with van der Waals surface area (Å²) < 4.78 is 15.7. The second kappa shape index (κ2) is 10.8. The van der Waals surface area contributed by atoms with Crippen LogP contribution < -0.4 is 20.2 Å². The van der Waals surface area contributed by atoms with Gasteiger partial charge < -0.3 is 19.5 Å². The first kappa shape index (κ1) is 18.2. The Morgan fingerprint density at radius 1 is 1.32 bits per heavy atom. The average Bonchev–Trinajstić information content (AvgIpc) is 2.54. The molecule has 1 aromatic carbocycles. The van der Waals surface area contributed by atoms with E-state index < -0.39 is 0 Å². The second-order valence-electron chi connectivity index (χ2n) is 4.28. The molecule has 0 fully saturated rings. The SMILES string of the molecule is CCOCCCNC(=S)N/N=C\c1ccc(OC)cc1OC. The molecule has 122 valence electrons. The van der Waals surface area contributed by atoms with Gasteiger partial charge in [-0.05, 0) is 37.7 Å². The van der Waals surface area contributed by atoms with E-state index in [1.165, 1.54) is 0 Å². The minimum atomic E-state index is 0.472. The van der Waals surface area contributed by atoms with Gasteiger partial charge in [0.15, 0.2) is 5.11 Å². The lowest BCUT2D eigenvalue weighted by atomic mass is 10.2. The highest BCUT2D eigenvalue weighted by atomic mass is 32.1. The standard InChI is InChI=1S/C15H23N3O3S/c1-4-21-9-5-8-16-15(22)18-17-11-12-6-7-13(19-2)10-14(12)20-3/h6-7,10-11H,4-5,8-9H2,1-3H3,(H2,16,18,22)/b17-11-. The van der Waals surface area contributed by atoms with Gasteiger partial charge in [-0.15, -0.1) is 0 Å². The van der Waals surface area contributed by atoms with Crippen LogP contribution in [0.25, 0.3) is 0 Å². The number of rotatable bonds is 9. The van der Waals surface area contributed by atoms with Gasteiger partial charge in [-0.1, -0.05) is 0 Å². The van der Waals surface area contributed by atoms with Gasteiger partial charge in [-0.2, -0.15) is 5.10 Å². The van der Waals surface area contributed by atoms with Crippen LogP contribution in [-0.4, -0.2) is 45.3 Å². The van der Waals surface area contributed by atoms with Crippen LogP contribution in [0, 0.1) is 0 Å². The Morgan fingerprint density at radius 3 is 2.82 bits per heavy atom. The summed E-state index contributed by atoms with van der Waals surface area (Å²) in [5.41, 5.74) is 3.59. The number of hydrogen-bond donors (Lipinski definition) is 2. The topological polar surface area (TPSA) is 64.1 Å². The van der Waals surface area contributed by atoms with Crippen molar-refractivity contribution in [1.82, 2.24) is 10.7 Å². The number of hydrogen-bond acceptors (Lipinski definition) is 5. The minimum Gasteiger partial charge on any atom is -0.497 e. The number of hydrazone groups is 1. The summed E-state index contributed by atoms with van der Waals surface area (Å²) in [6.45, 7) is 4.17. The highest BCUT2D eigenvalue weighted by Crippen LogP contribution is 2.22. The molecule has 0 spiro atoms. The van der Waals surface area contributed by atoms with Gasteiger partial charge in [0, 0.05) is 31.4 Å². The maximum Gasteiger partial charge on any atom is 0.186 e. The third-order valence-electron chi connectivity index (χ3n) is 2.77. The van der Waals surface area contributed by atoms with Crippen molar-refractivity contribution in [2.75, 3.05) is 34.0 Å². The molecule has 0 heterocycles. The fourth-order valence-corrected chi connectivity index (χ4v) is 1.80. The lowest BCUT2D eigenvalue weighted by Gasteiger charge is -2.08. The van der Waals surface area contributed by atoms with Gasteiger partial charge in [-0.3, -0.25) is 5.43 Å². The Balaban J connectivity index is 2.40. The molecule has 22 heavy (non-hydrogen) atoms. The number of nitrogens with one attached hydrogen (secondary N) is 2. The van der Waals surface area contributed by atoms with E-state index in [-0.39, 0.29) is 0 Å². The molecule has 0 bridgehead atoms. The predicted octanol–water partition coefficient (Wildman–Crippen LogP) is 1.93. The number of methoxy groups -OCH3 is 2. The van der Waals surface area contributed by atoms with Crippen molar-refractivity contribution >= 4 is 23.5 Å². The Kier molecular flexibility index (Phi) is 8.94. The van der Waals surface area contributed by atoms with E-state index in [0.29, 0.717) is 10.9 Å². The fourth-order valence-electron chi connectivity index (χ4n) is 1.65. The molecule has 0 saturated heterocycles. The molecule has 1 rings (SSSR count). The highest BCUT2D eigenvalue weighted by Gasteiger charge is 2.02. The Labute approximate surface area is 136 Å². The maximum atomic E-state index is 5.29. The van der Waals surface area contributed by atoms with Crippen molar-refractivity contribution in [1.29, 1.82) is 0 Å². The van der Waals surface area contributed by atoms with Crippen LogP contribution in [0.2, 0.25) is 0 Å². The first-order valence-electron chi connectivity index (χ1n) is 7.08. The smallest absolute Gasteiger partial charge is 0.186 e. The molecule has 7 heteroatoms. The van der Waals surface area contributed by atoms with Crippen molar-refractivity contribution in [2.45, 2.75) is 13.3 Å². The molecule has 0 radical (unpaired) electrons. The van der Waals surface area contributed by atoms with Crippen molar-refractivity contribution in [2.24, 2.45) is 5.10 Å². The van der Waals surface area contributed by atoms with Gasteiger partial charge in [0.2, 0.25) is 0 Å². The van der Waals surface area contributed by atoms with Crippen LogP contribution in [0.3, 0.4) is 0 Å². The Morgan fingerprint density at radius 2 is 2.14 bits per heavy atom. The lowest BCUT2D eigenvalue weighted by molar-refractivity contribution is 0.145. The molecule has 0 aliphatic rings. The molecule has 0 amide bonds. The third kappa shape index (κ3) is 6.73. The van der Waals surface area contributed by atoms with E-state index in [0.717, 1.165) is 37.5 Å². The first-order chi connectivity index (χ1) is 10.7. The van der Waals surface area contributed by atoms with Crippen LogP contribution in [0.1, 0.15) is 18.9 Å². The third-order valence-corrected chi connectivity index (χ3v) is 3.00.